The van der Waals surface area contributed by atoms with E-state index in [1.54, 1.807) is 5.57 Å². The van der Waals surface area contributed by atoms with Gasteiger partial charge in [-0.15, -0.1) is 0 Å². The average molecular weight is 170 g/mol. The van der Waals surface area contributed by atoms with E-state index in [2.05, 4.69) is 12.3 Å². The van der Waals surface area contributed by atoms with Gasteiger partial charge in [-0.25, -0.2) is 0 Å². The molecule has 0 amide bonds. The molecule has 0 radical (unpaired) electrons. The van der Waals surface area contributed by atoms with Gasteiger partial charge < -0.3 is 0 Å². The summed E-state index contributed by atoms with van der Waals surface area (Å²) >= 11 is 1.96. The van der Waals surface area contributed by atoms with Crippen molar-refractivity contribution in [1.82, 2.24) is 0 Å². The number of thioether (sulfide) groups is 1. The summed E-state index contributed by atoms with van der Waals surface area (Å²) in [5.41, 5.74) is 1.69. The van der Waals surface area contributed by atoms with Crippen LogP contribution in [0.25, 0.3) is 0 Å². The molecule has 0 aromatic rings. The topological polar surface area (TPSA) is 0 Å². The molecule has 64 valence electrons. The first-order valence-corrected chi connectivity index (χ1v) is 5.99. The molecule has 0 aliphatic heterocycles. The third kappa shape index (κ3) is 3.85. The van der Waals surface area contributed by atoms with Gasteiger partial charge in [0.15, 0.2) is 0 Å². The predicted molar refractivity (Wildman–Crippen MR) is 54.2 cm³/mol. The molecule has 0 N–H and O–H groups in total. The standard InChI is InChI=1S/C10H18S/c1-11-9-10-7-5-3-2-4-6-8-10/h7H,2-6,8-9H2,1H3/b10-7+. The van der Waals surface area contributed by atoms with Gasteiger partial charge in [-0.05, 0) is 31.9 Å². The number of hydrogen-bond acceptors (Lipinski definition) is 1. The summed E-state index contributed by atoms with van der Waals surface area (Å²) in [7, 11) is 0. The van der Waals surface area contributed by atoms with E-state index >= 15 is 0 Å². The Balaban J connectivity index is 2.32. The SMILES string of the molecule is CSC/C1=C/CCCCCC1. The Morgan fingerprint density at radius 1 is 1.27 bits per heavy atom. The molecule has 1 heteroatoms. The van der Waals surface area contributed by atoms with Crippen molar-refractivity contribution in [3.05, 3.63) is 11.6 Å². The highest BCUT2D eigenvalue weighted by Crippen LogP contribution is 2.19. The number of hydrogen-bond donors (Lipinski definition) is 0. The molecule has 0 aromatic carbocycles. The Bertz CT molecular complexity index is 127. The van der Waals surface area contributed by atoms with Crippen LogP contribution >= 0.6 is 11.8 Å². The Hall–Kier alpha value is 0.0900. The lowest BCUT2D eigenvalue weighted by Gasteiger charge is -2.09. The molecule has 1 aliphatic carbocycles. The van der Waals surface area contributed by atoms with E-state index in [0.717, 1.165) is 0 Å². The van der Waals surface area contributed by atoms with Crippen LogP contribution in [0.15, 0.2) is 11.6 Å². The molecule has 0 atom stereocenters. The number of rotatable bonds is 2. The Morgan fingerprint density at radius 3 is 2.91 bits per heavy atom. The lowest BCUT2D eigenvalue weighted by molar-refractivity contribution is 0.626. The van der Waals surface area contributed by atoms with Gasteiger partial charge in [0.2, 0.25) is 0 Å². The van der Waals surface area contributed by atoms with Crippen LogP contribution in [-0.4, -0.2) is 12.0 Å². The van der Waals surface area contributed by atoms with Gasteiger partial charge in [0.1, 0.15) is 0 Å². The molecule has 0 bridgehead atoms. The van der Waals surface area contributed by atoms with Crippen molar-refractivity contribution in [3.63, 3.8) is 0 Å². The van der Waals surface area contributed by atoms with Gasteiger partial charge in [0.25, 0.3) is 0 Å². The molecule has 11 heavy (non-hydrogen) atoms. The van der Waals surface area contributed by atoms with Crippen molar-refractivity contribution in [3.8, 4) is 0 Å². The molecule has 0 nitrogen and oxygen atoms in total. The van der Waals surface area contributed by atoms with Crippen molar-refractivity contribution in [1.29, 1.82) is 0 Å². The minimum absolute atomic E-state index is 1.26. The molecule has 0 unspecified atom stereocenters. The maximum absolute atomic E-state index is 2.47. The lowest BCUT2D eigenvalue weighted by Crippen LogP contribution is -1.92. The zero-order valence-electron chi connectivity index (χ0n) is 7.44. The Labute approximate surface area is 74.5 Å². The van der Waals surface area contributed by atoms with Crippen molar-refractivity contribution < 1.29 is 0 Å². The molecule has 1 aliphatic rings. The zero-order chi connectivity index (χ0) is 7.94. The monoisotopic (exact) mass is 170 g/mol. The van der Waals surface area contributed by atoms with Crippen LogP contribution in [0.5, 0.6) is 0 Å². The molecule has 0 saturated heterocycles. The van der Waals surface area contributed by atoms with Crippen molar-refractivity contribution >= 4 is 11.8 Å². The lowest BCUT2D eigenvalue weighted by atomic mass is 10.0. The van der Waals surface area contributed by atoms with Crippen LogP contribution in [0.3, 0.4) is 0 Å². The highest BCUT2D eigenvalue weighted by atomic mass is 32.2. The Kier molecular flexibility index (Phi) is 4.76. The molecule has 0 fully saturated rings. The summed E-state index contributed by atoms with van der Waals surface area (Å²) < 4.78 is 0. The van der Waals surface area contributed by atoms with Gasteiger partial charge in [0.05, 0.1) is 0 Å². The predicted octanol–water partition coefficient (Wildman–Crippen LogP) is 3.63. The van der Waals surface area contributed by atoms with E-state index in [1.807, 2.05) is 11.8 Å². The maximum atomic E-state index is 2.47. The summed E-state index contributed by atoms with van der Waals surface area (Å²) in [5, 5.41) is 0. The summed E-state index contributed by atoms with van der Waals surface area (Å²) in [6.07, 6.45) is 13.1. The quantitative estimate of drug-likeness (QED) is 0.570. The minimum atomic E-state index is 1.26. The molecule has 0 heterocycles. The van der Waals surface area contributed by atoms with Crippen molar-refractivity contribution in [2.24, 2.45) is 0 Å². The van der Waals surface area contributed by atoms with Gasteiger partial charge in [0, 0.05) is 5.75 Å². The van der Waals surface area contributed by atoms with Crippen molar-refractivity contribution in [2.75, 3.05) is 12.0 Å². The van der Waals surface area contributed by atoms with Crippen molar-refractivity contribution in [2.45, 2.75) is 38.5 Å². The number of allylic oxidation sites excluding steroid dienone is 1. The molecule has 0 aromatic heterocycles. The molecular weight excluding hydrogens is 152 g/mol. The maximum Gasteiger partial charge on any atom is 0.0140 e. The summed E-state index contributed by atoms with van der Waals surface area (Å²) in [6.45, 7) is 0. The molecule has 0 spiro atoms. The zero-order valence-corrected chi connectivity index (χ0v) is 8.25. The third-order valence-corrected chi connectivity index (χ3v) is 2.87. The largest absolute Gasteiger partial charge is 0.161 e. The summed E-state index contributed by atoms with van der Waals surface area (Å²) in [4.78, 5) is 0. The Morgan fingerprint density at radius 2 is 2.09 bits per heavy atom. The van der Waals surface area contributed by atoms with E-state index in [-0.39, 0.29) is 0 Å². The summed E-state index contributed by atoms with van der Waals surface area (Å²) in [5.74, 6) is 1.26. The third-order valence-electron chi connectivity index (χ3n) is 2.21. The second-order valence-corrected chi connectivity index (χ2v) is 4.11. The summed E-state index contributed by atoms with van der Waals surface area (Å²) in [6, 6.07) is 0. The van der Waals surface area contributed by atoms with E-state index in [9.17, 15) is 0 Å². The first kappa shape index (κ1) is 9.18. The second kappa shape index (κ2) is 5.70. The van der Waals surface area contributed by atoms with Crippen LogP contribution in [0.1, 0.15) is 38.5 Å². The van der Waals surface area contributed by atoms with Crippen LogP contribution < -0.4 is 0 Å². The highest BCUT2D eigenvalue weighted by molar-refractivity contribution is 7.98. The van der Waals surface area contributed by atoms with E-state index in [1.165, 1.54) is 44.3 Å². The smallest absolute Gasteiger partial charge is 0.0140 e. The van der Waals surface area contributed by atoms with Crippen LogP contribution in [0, 0.1) is 0 Å². The van der Waals surface area contributed by atoms with Gasteiger partial charge in [-0.1, -0.05) is 24.5 Å². The highest BCUT2D eigenvalue weighted by Gasteiger charge is 2.00. The molecule has 0 saturated carbocycles. The van der Waals surface area contributed by atoms with Crippen LogP contribution in [0.4, 0.5) is 0 Å². The molecule has 1 rings (SSSR count). The average Bonchev–Trinajstić information content (AvgIpc) is 1.94. The van der Waals surface area contributed by atoms with Gasteiger partial charge in [-0.2, -0.15) is 11.8 Å². The van der Waals surface area contributed by atoms with E-state index < -0.39 is 0 Å². The minimum Gasteiger partial charge on any atom is -0.161 e. The van der Waals surface area contributed by atoms with Gasteiger partial charge in [-0.3, -0.25) is 0 Å². The fourth-order valence-corrected chi connectivity index (χ4v) is 2.21. The van der Waals surface area contributed by atoms with E-state index in [0.29, 0.717) is 0 Å². The first-order chi connectivity index (χ1) is 5.43. The molecular formula is C10H18S. The van der Waals surface area contributed by atoms with Gasteiger partial charge >= 0.3 is 0 Å². The van der Waals surface area contributed by atoms with E-state index in [4.69, 9.17) is 0 Å². The van der Waals surface area contributed by atoms with Crippen LogP contribution in [0.2, 0.25) is 0 Å². The first-order valence-electron chi connectivity index (χ1n) is 4.60. The fraction of sp³-hybridized carbons (Fsp3) is 0.800. The second-order valence-electron chi connectivity index (χ2n) is 3.25. The van der Waals surface area contributed by atoms with Crippen LogP contribution in [-0.2, 0) is 0 Å². The normalized spacial score (nSPS) is 25.0. The fourth-order valence-electron chi connectivity index (χ4n) is 1.57.